The molecule has 0 radical (unpaired) electrons. The van der Waals surface area contributed by atoms with E-state index in [9.17, 15) is 5.11 Å². The van der Waals surface area contributed by atoms with Gasteiger partial charge in [-0.05, 0) is 47.6 Å². The number of aryl methyl sites for hydroxylation is 1. The van der Waals surface area contributed by atoms with E-state index in [1.54, 1.807) is 11.3 Å². The molecule has 2 N–H and O–H groups in total. The summed E-state index contributed by atoms with van der Waals surface area (Å²) in [6, 6.07) is 0. The van der Waals surface area contributed by atoms with Crippen LogP contribution < -0.4 is 5.32 Å². The lowest BCUT2D eigenvalue weighted by Crippen LogP contribution is -2.33. The first kappa shape index (κ1) is 16.0. The Hall–Kier alpha value is -0.420. The monoisotopic (exact) mass is 297 g/mol. The summed E-state index contributed by atoms with van der Waals surface area (Å²) in [5, 5.41) is 17.6. The van der Waals surface area contributed by atoms with Crippen molar-refractivity contribution in [3.8, 4) is 0 Å². The van der Waals surface area contributed by atoms with Gasteiger partial charge in [0.15, 0.2) is 0 Å². The number of aliphatic hydroxyl groups is 1. The quantitative estimate of drug-likeness (QED) is 0.812. The van der Waals surface area contributed by atoms with Gasteiger partial charge in [-0.15, -0.1) is 0 Å². The number of rotatable bonds is 7. The molecule has 3 nitrogen and oxygen atoms in total. The zero-order valence-corrected chi connectivity index (χ0v) is 13.4. The van der Waals surface area contributed by atoms with Gasteiger partial charge in [0, 0.05) is 13.1 Å². The van der Waals surface area contributed by atoms with Crippen molar-refractivity contribution < 1.29 is 9.84 Å². The third-order valence-corrected chi connectivity index (χ3v) is 4.98. The first-order valence-corrected chi connectivity index (χ1v) is 8.61. The van der Waals surface area contributed by atoms with Crippen LogP contribution in [0.25, 0.3) is 0 Å². The van der Waals surface area contributed by atoms with Gasteiger partial charge >= 0.3 is 0 Å². The van der Waals surface area contributed by atoms with Crippen molar-refractivity contribution in [1.82, 2.24) is 5.32 Å². The lowest BCUT2D eigenvalue weighted by atomic mass is 9.89. The van der Waals surface area contributed by atoms with E-state index >= 15 is 0 Å². The number of thiophene rings is 1. The number of hydrogen-bond acceptors (Lipinski definition) is 4. The van der Waals surface area contributed by atoms with Gasteiger partial charge < -0.3 is 15.2 Å². The second-order valence-electron chi connectivity index (χ2n) is 6.09. The molecule has 0 spiro atoms. The van der Waals surface area contributed by atoms with Crippen molar-refractivity contribution in [2.45, 2.75) is 58.3 Å². The number of nitrogens with one attached hydrogen (secondary N) is 1. The Morgan fingerprint density at radius 3 is 3.00 bits per heavy atom. The van der Waals surface area contributed by atoms with Crippen molar-refractivity contribution in [3.63, 3.8) is 0 Å². The number of aliphatic hydroxyl groups excluding tert-OH is 1. The average Bonchev–Trinajstić information content (AvgIpc) is 2.82. The van der Waals surface area contributed by atoms with Crippen molar-refractivity contribution in [1.29, 1.82) is 0 Å². The van der Waals surface area contributed by atoms with Crippen LogP contribution in [-0.4, -0.2) is 30.5 Å². The van der Waals surface area contributed by atoms with Gasteiger partial charge in [0.2, 0.25) is 0 Å². The van der Waals surface area contributed by atoms with Crippen LogP contribution in [0, 0.1) is 12.8 Å². The predicted molar refractivity (Wildman–Crippen MR) is 84.1 cm³/mol. The summed E-state index contributed by atoms with van der Waals surface area (Å²) in [6.07, 6.45) is 4.83. The van der Waals surface area contributed by atoms with Crippen LogP contribution in [-0.2, 0) is 11.3 Å². The lowest BCUT2D eigenvalue weighted by molar-refractivity contribution is -0.0306. The van der Waals surface area contributed by atoms with Gasteiger partial charge in [-0.25, -0.2) is 0 Å². The van der Waals surface area contributed by atoms with Gasteiger partial charge in [-0.2, -0.15) is 11.3 Å². The Balaban J connectivity index is 1.58. The molecule has 3 unspecified atom stereocenters. The maximum absolute atomic E-state index is 9.96. The molecule has 0 saturated heterocycles. The number of hydrogen-bond donors (Lipinski definition) is 2. The van der Waals surface area contributed by atoms with Crippen LogP contribution in [0.4, 0.5) is 0 Å². The summed E-state index contributed by atoms with van der Waals surface area (Å²) in [5.41, 5.74) is 2.65. The molecule has 114 valence electrons. The van der Waals surface area contributed by atoms with E-state index in [2.05, 4.69) is 29.9 Å². The molecule has 0 aliphatic heterocycles. The molecule has 1 heterocycles. The van der Waals surface area contributed by atoms with Gasteiger partial charge in [-0.3, -0.25) is 0 Å². The fourth-order valence-electron chi connectivity index (χ4n) is 2.78. The fraction of sp³-hybridized carbons (Fsp3) is 0.750. The van der Waals surface area contributed by atoms with Crippen LogP contribution >= 0.6 is 11.3 Å². The minimum atomic E-state index is -0.411. The van der Waals surface area contributed by atoms with Gasteiger partial charge in [0.1, 0.15) is 0 Å². The Bertz CT molecular complexity index is 394. The van der Waals surface area contributed by atoms with Crippen LogP contribution in [0.15, 0.2) is 10.8 Å². The second kappa shape index (κ2) is 8.13. The Kier molecular flexibility index (Phi) is 6.49. The molecule has 1 fully saturated rings. The first-order valence-electron chi connectivity index (χ1n) is 7.67. The zero-order chi connectivity index (χ0) is 14.4. The molecule has 2 rings (SSSR count). The largest absolute Gasteiger partial charge is 0.389 e. The molecule has 1 aliphatic carbocycles. The number of ether oxygens (including phenoxy) is 1. The molecule has 1 aromatic heterocycles. The van der Waals surface area contributed by atoms with Crippen LogP contribution in [0.2, 0.25) is 0 Å². The average molecular weight is 297 g/mol. The topological polar surface area (TPSA) is 41.5 Å². The summed E-state index contributed by atoms with van der Waals surface area (Å²) in [4.78, 5) is 0. The minimum Gasteiger partial charge on any atom is -0.389 e. The summed E-state index contributed by atoms with van der Waals surface area (Å²) >= 11 is 1.73. The Labute approximate surface area is 126 Å². The molecule has 3 atom stereocenters. The highest BCUT2D eigenvalue weighted by Crippen LogP contribution is 2.25. The Morgan fingerprint density at radius 2 is 2.30 bits per heavy atom. The van der Waals surface area contributed by atoms with E-state index in [4.69, 9.17) is 4.74 Å². The SMILES string of the molecule is Cc1cscc1CNCC(O)COC1CCCC(C)C1. The normalized spacial score (nSPS) is 24.8. The van der Waals surface area contributed by atoms with E-state index in [0.29, 0.717) is 19.3 Å². The smallest absolute Gasteiger partial charge is 0.0897 e. The molecule has 4 heteroatoms. The lowest BCUT2D eigenvalue weighted by Gasteiger charge is -2.27. The van der Waals surface area contributed by atoms with Crippen molar-refractivity contribution in [3.05, 3.63) is 21.9 Å². The van der Waals surface area contributed by atoms with E-state index < -0.39 is 6.10 Å². The van der Waals surface area contributed by atoms with Crippen LogP contribution in [0.1, 0.15) is 43.7 Å². The van der Waals surface area contributed by atoms with Gasteiger partial charge in [0.25, 0.3) is 0 Å². The molecular weight excluding hydrogens is 270 g/mol. The summed E-state index contributed by atoms with van der Waals surface area (Å²) in [5.74, 6) is 0.769. The second-order valence-corrected chi connectivity index (χ2v) is 6.84. The molecule has 1 saturated carbocycles. The molecule has 20 heavy (non-hydrogen) atoms. The summed E-state index contributed by atoms with van der Waals surface area (Å²) in [6.45, 7) is 6.28. The van der Waals surface area contributed by atoms with Crippen LogP contribution in [0.5, 0.6) is 0 Å². The van der Waals surface area contributed by atoms with Crippen LogP contribution in [0.3, 0.4) is 0 Å². The van der Waals surface area contributed by atoms with Crippen molar-refractivity contribution in [2.24, 2.45) is 5.92 Å². The highest BCUT2D eigenvalue weighted by atomic mass is 32.1. The highest BCUT2D eigenvalue weighted by molar-refractivity contribution is 7.08. The van der Waals surface area contributed by atoms with E-state index in [-0.39, 0.29) is 0 Å². The fourth-order valence-corrected chi connectivity index (χ4v) is 3.63. The summed E-state index contributed by atoms with van der Waals surface area (Å²) in [7, 11) is 0. The molecule has 0 aromatic carbocycles. The van der Waals surface area contributed by atoms with Crippen molar-refractivity contribution >= 4 is 11.3 Å². The molecular formula is C16H27NO2S. The maximum atomic E-state index is 9.96. The zero-order valence-electron chi connectivity index (χ0n) is 12.6. The highest BCUT2D eigenvalue weighted by Gasteiger charge is 2.20. The molecule has 1 aromatic rings. The third kappa shape index (κ3) is 5.17. The minimum absolute atomic E-state index is 0.354. The van der Waals surface area contributed by atoms with E-state index in [1.807, 2.05) is 0 Å². The maximum Gasteiger partial charge on any atom is 0.0897 e. The van der Waals surface area contributed by atoms with Crippen molar-refractivity contribution in [2.75, 3.05) is 13.2 Å². The molecule has 0 amide bonds. The Morgan fingerprint density at radius 1 is 1.45 bits per heavy atom. The third-order valence-electron chi connectivity index (χ3n) is 4.07. The predicted octanol–water partition coefficient (Wildman–Crippen LogP) is 3.10. The van der Waals surface area contributed by atoms with Gasteiger partial charge in [-0.1, -0.05) is 19.8 Å². The molecule has 1 aliphatic rings. The van der Waals surface area contributed by atoms with E-state index in [0.717, 1.165) is 25.3 Å². The molecule has 0 bridgehead atoms. The summed E-state index contributed by atoms with van der Waals surface area (Å²) < 4.78 is 5.84. The first-order chi connectivity index (χ1) is 9.65. The van der Waals surface area contributed by atoms with Gasteiger partial charge in [0.05, 0.1) is 18.8 Å². The standard InChI is InChI=1S/C16H27NO2S/c1-12-4-3-5-16(6-12)19-9-15(18)8-17-7-14-11-20-10-13(14)2/h10-12,15-18H,3-9H2,1-2H3. The van der Waals surface area contributed by atoms with E-state index in [1.165, 1.54) is 24.0 Å².